The van der Waals surface area contributed by atoms with E-state index in [0.29, 0.717) is 5.54 Å². The van der Waals surface area contributed by atoms with Gasteiger partial charge in [-0.25, -0.2) is 0 Å². The Balaban J connectivity index is 2.47. The fraction of sp³-hybridized carbons (Fsp3) is 1.00. The summed E-state index contributed by atoms with van der Waals surface area (Å²) < 4.78 is 0. The van der Waals surface area contributed by atoms with E-state index in [9.17, 15) is 0 Å². The molecule has 1 atom stereocenters. The molecular formula is C12H27N3. The van der Waals surface area contributed by atoms with Crippen molar-refractivity contribution in [3.8, 4) is 0 Å². The molecule has 90 valence electrons. The van der Waals surface area contributed by atoms with E-state index >= 15 is 0 Å². The fourth-order valence-corrected chi connectivity index (χ4v) is 2.53. The summed E-state index contributed by atoms with van der Waals surface area (Å²) in [5.41, 5.74) is 0.360. The highest BCUT2D eigenvalue weighted by molar-refractivity contribution is 4.95. The Morgan fingerprint density at radius 1 is 1.40 bits per heavy atom. The van der Waals surface area contributed by atoms with Gasteiger partial charge in [0.15, 0.2) is 0 Å². The molecule has 0 aliphatic carbocycles. The summed E-state index contributed by atoms with van der Waals surface area (Å²) in [6.07, 6.45) is 1.33. The third kappa shape index (κ3) is 3.16. The first kappa shape index (κ1) is 12.9. The highest BCUT2D eigenvalue weighted by Crippen LogP contribution is 2.33. The summed E-state index contributed by atoms with van der Waals surface area (Å²) in [7, 11) is 6.35. The molecule has 0 saturated carbocycles. The number of nitrogens with zero attached hydrogens (tertiary/aromatic N) is 2. The third-order valence-electron chi connectivity index (χ3n) is 3.83. The van der Waals surface area contributed by atoms with Crippen molar-refractivity contribution in [3.05, 3.63) is 0 Å². The van der Waals surface area contributed by atoms with Crippen molar-refractivity contribution in [2.45, 2.75) is 25.8 Å². The van der Waals surface area contributed by atoms with E-state index in [1.54, 1.807) is 0 Å². The summed E-state index contributed by atoms with van der Waals surface area (Å²) in [5, 5.41) is 3.31. The van der Waals surface area contributed by atoms with Gasteiger partial charge < -0.3 is 10.2 Å². The lowest BCUT2D eigenvalue weighted by molar-refractivity contribution is 0.128. The Bertz CT molecular complexity index is 189. The minimum Gasteiger partial charge on any atom is -0.319 e. The van der Waals surface area contributed by atoms with Crippen LogP contribution in [0.2, 0.25) is 0 Å². The molecule has 0 aromatic rings. The predicted octanol–water partition coefficient (Wildman–Crippen LogP) is 0.868. The zero-order chi connectivity index (χ0) is 11.5. The standard InChI is InChI=1S/C12H27N3/c1-12(2)11(10-13-3)6-7-15(12)9-8-14(4)5/h11,13H,6-10H2,1-5H3. The van der Waals surface area contributed by atoms with Crippen LogP contribution < -0.4 is 5.32 Å². The summed E-state index contributed by atoms with van der Waals surface area (Å²) in [4.78, 5) is 4.90. The Morgan fingerprint density at radius 3 is 2.60 bits per heavy atom. The molecule has 0 radical (unpaired) electrons. The van der Waals surface area contributed by atoms with Gasteiger partial charge in [0.2, 0.25) is 0 Å². The molecule has 1 N–H and O–H groups in total. The van der Waals surface area contributed by atoms with Gasteiger partial charge in [0.05, 0.1) is 0 Å². The normalized spacial score (nSPS) is 26.4. The molecule has 1 unspecified atom stereocenters. The van der Waals surface area contributed by atoms with Crippen LogP contribution in [0.3, 0.4) is 0 Å². The molecule has 1 rings (SSSR count). The van der Waals surface area contributed by atoms with Crippen LogP contribution in [0.15, 0.2) is 0 Å². The van der Waals surface area contributed by atoms with Gasteiger partial charge in [0.1, 0.15) is 0 Å². The summed E-state index contributed by atoms with van der Waals surface area (Å²) >= 11 is 0. The Labute approximate surface area is 94.8 Å². The van der Waals surface area contributed by atoms with Crippen molar-refractivity contribution in [3.63, 3.8) is 0 Å². The quantitative estimate of drug-likeness (QED) is 0.731. The second kappa shape index (κ2) is 5.28. The minimum atomic E-state index is 0.360. The van der Waals surface area contributed by atoms with Crippen molar-refractivity contribution in [1.82, 2.24) is 15.1 Å². The maximum atomic E-state index is 3.31. The first-order valence-corrected chi connectivity index (χ1v) is 6.03. The molecule has 0 spiro atoms. The van der Waals surface area contributed by atoms with Gasteiger partial charge in [0.25, 0.3) is 0 Å². The molecule has 0 amide bonds. The zero-order valence-corrected chi connectivity index (χ0v) is 11.0. The highest BCUT2D eigenvalue weighted by Gasteiger charge is 2.39. The van der Waals surface area contributed by atoms with E-state index < -0.39 is 0 Å². The Morgan fingerprint density at radius 2 is 2.07 bits per heavy atom. The number of rotatable bonds is 5. The number of likely N-dealkylation sites (tertiary alicyclic amines) is 1. The lowest BCUT2D eigenvalue weighted by Gasteiger charge is -2.36. The van der Waals surface area contributed by atoms with Crippen molar-refractivity contribution in [2.75, 3.05) is 47.3 Å². The van der Waals surface area contributed by atoms with E-state index in [1.807, 2.05) is 0 Å². The van der Waals surface area contributed by atoms with Gasteiger partial charge in [-0.2, -0.15) is 0 Å². The number of nitrogens with one attached hydrogen (secondary N) is 1. The van der Waals surface area contributed by atoms with Gasteiger partial charge in [-0.15, -0.1) is 0 Å². The molecule has 1 aliphatic rings. The molecule has 0 aromatic heterocycles. The molecule has 0 aromatic carbocycles. The van der Waals surface area contributed by atoms with Gasteiger partial charge in [-0.3, -0.25) is 4.90 Å². The molecule has 3 heteroatoms. The van der Waals surface area contributed by atoms with Crippen LogP contribution in [0.1, 0.15) is 20.3 Å². The second-order valence-electron chi connectivity index (χ2n) is 5.49. The number of hydrogen-bond donors (Lipinski definition) is 1. The number of hydrogen-bond acceptors (Lipinski definition) is 3. The third-order valence-corrected chi connectivity index (χ3v) is 3.83. The van der Waals surface area contributed by atoms with Crippen LogP contribution in [0.25, 0.3) is 0 Å². The number of likely N-dealkylation sites (N-methyl/N-ethyl adjacent to an activating group) is 1. The predicted molar refractivity (Wildman–Crippen MR) is 66.2 cm³/mol. The van der Waals surface area contributed by atoms with Crippen LogP contribution in [0.4, 0.5) is 0 Å². The average molecular weight is 213 g/mol. The summed E-state index contributed by atoms with van der Waals surface area (Å²) in [6.45, 7) is 9.53. The molecule has 1 heterocycles. The topological polar surface area (TPSA) is 18.5 Å². The SMILES string of the molecule is CNCC1CCN(CCN(C)C)C1(C)C. The van der Waals surface area contributed by atoms with E-state index in [-0.39, 0.29) is 0 Å². The molecular weight excluding hydrogens is 186 g/mol. The van der Waals surface area contributed by atoms with Gasteiger partial charge in [-0.1, -0.05) is 0 Å². The second-order valence-corrected chi connectivity index (χ2v) is 5.49. The van der Waals surface area contributed by atoms with Crippen LogP contribution >= 0.6 is 0 Å². The molecule has 1 saturated heterocycles. The van der Waals surface area contributed by atoms with E-state index in [0.717, 1.165) is 19.0 Å². The van der Waals surface area contributed by atoms with Crippen molar-refractivity contribution in [1.29, 1.82) is 0 Å². The highest BCUT2D eigenvalue weighted by atomic mass is 15.2. The maximum absolute atomic E-state index is 3.31. The lowest BCUT2D eigenvalue weighted by atomic mass is 9.88. The van der Waals surface area contributed by atoms with E-state index in [4.69, 9.17) is 0 Å². The average Bonchev–Trinajstić information content (AvgIpc) is 2.40. The Kier molecular flexibility index (Phi) is 4.56. The maximum Gasteiger partial charge on any atom is 0.0194 e. The summed E-state index contributed by atoms with van der Waals surface area (Å²) in [5.74, 6) is 0.796. The van der Waals surface area contributed by atoms with Crippen LogP contribution in [-0.4, -0.2) is 62.7 Å². The molecule has 15 heavy (non-hydrogen) atoms. The largest absolute Gasteiger partial charge is 0.319 e. The van der Waals surface area contributed by atoms with Gasteiger partial charge in [-0.05, 0) is 60.4 Å². The van der Waals surface area contributed by atoms with Crippen LogP contribution in [-0.2, 0) is 0 Å². The van der Waals surface area contributed by atoms with Gasteiger partial charge >= 0.3 is 0 Å². The van der Waals surface area contributed by atoms with Crippen molar-refractivity contribution < 1.29 is 0 Å². The molecule has 1 aliphatic heterocycles. The molecule has 3 nitrogen and oxygen atoms in total. The first-order valence-electron chi connectivity index (χ1n) is 6.03. The monoisotopic (exact) mass is 213 g/mol. The van der Waals surface area contributed by atoms with Crippen molar-refractivity contribution >= 4 is 0 Å². The molecule has 1 fully saturated rings. The Hall–Kier alpha value is -0.120. The van der Waals surface area contributed by atoms with Crippen LogP contribution in [0, 0.1) is 5.92 Å². The lowest BCUT2D eigenvalue weighted by Crippen LogP contribution is -2.47. The smallest absolute Gasteiger partial charge is 0.0194 e. The first-order chi connectivity index (χ1) is 6.98. The fourth-order valence-electron chi connectivity index (χ4n) is 2.53. The van der Waals surface area contributed by atoms with Gasteiger partial charge in [0, 0.05) is 18.6 Å². The van der Waals surface area contributed by atoms with E-state index in [1.165, 1.54) is 19.5 Å². The minimum absolute atomic E-state index is 0.360. The van der Waals surface area contributed by atoms with Crippen LogP contribution in [0.5, 0.6) is 0 Å². The molecule has 0 bridgehead atoms. The van der Waals surface area contributed by atoms with Crippen molar-refractivity contribution in [2.24, 2.45) is 5.92 Å². The van der Waals surface area contributed by atoms with E-state index in [2.05, 4.69) is 50.1 Å². The zero-order valence-electron chi connectivity index (χ0n) is 11.0. The summed E-state index contributed by atoms with van der Waals surface area (Å²) in [6, 6.07) is 0.